The van der Waals surface area contributed by atoms with Crippen molar-refractivity contribution in [2.75, 3.05) is 6.61 Å². The Morgan fingerprint density at radius 2 is 2.16 bits per heavy atom. The zero-order valence-corrected chi connectivity index (χ0v) is 12.7. The van der Waals surface area contributed by atoms with Gasteiger partial charge in [-0.2, -0.15) is 0 Å². The van der Waals surface area contributed by atoms with Gasteiger partial charge in [0.2, 0.25) is 0 Å². The number of hydrogen-bond donors (Lipinski definition) is 0. The Hall–Kier alpha value is -0.790. The lowest BCUT2D eigenvalue weighted by Gasteiger charge is -2.45. The SMILES string of the molecule is CC(=O)OC[C@@]1(C)[C@H]2[C@@H]1CCC1=CCC[C@H](C)[C@]12C. The second-order valence-electron chi connectivity index (χ2n) is 7.40. The van der Waals surface area contributed by atoms with Gasteiger partial charge >= 0.3 is 5.97 Å². The van der Waals surface area contributed by atoms with Crippen molar-refractivity contribution in [2.24, 2.45) is 28.6 Å². The van der Waals surface area contributed by atoms with E-state index in [-0.39, 0.29) is 11.4 Å². The predicted molar refractivity (Wildman–Crippen MR) is 75.5 cm³/mol. The van der Waals surface area contributed by atoms with Gasteiger partial charge in [-0.05, 0) is 48.9 Å². The summed E-state index contributed by atoms with van der Waals surface area (Å²) in [6, 6.07) is 0. The van der Waals surface area contributed by atoms with Crippen molar-refractivity contribution < 1.29 is 9.53 Å². The van der Waals surface area contributed by atoms with Crippen LogP contribution in [0.15, 0.2) is 11.6 Å². The molecule has 0 aliphatic heterocycles. The molecular formula is C17H26O2. The van der Waals surface area contributed by atoms with E-state index in [0.717, 1.165) is 17.8 Å². The number of esters is 1. The van der Waals surface area contributed by atoms with Crippen LogP contribution < -0.4 is 0 Å². The Balaban J connectivity index is 1.86. The van der Waals surface area contributed by atoms with Crippen molar-refractivity contribution in [1.82, 2.24) is 0 Å². The predicted octanol–water partition coefficient (Wildman–Crippen LogP) is 3.96. The third kappa shape index (κ3) is 1.71. The quantitative estimate of drug-likeness (QED) is 0.556. The number of fused-ring (bicyclic) bond motifs is 3. The number of rotatable bonds is 2. The topological polar surface area (TPSA) is 26.3 Å². The monoisotopic (exact) mass is 262 g/mol. The number of ether oxygens (including phenoxy) is 1. The minimum Gasteiger partial charge on any atom is -0.465 e. The van der Waals surface area contributed by atoms with Gasteiger partial charge in [-0.25, -0.2) is 0 Å². The van der Waals surface area contributed by atoms with E-state index in [4.69, 9.17) is 4.74 Å². The lowest BCUT2D eigenvalue weighted by Crippen LogP contribution is -2.36. The lowest BCUT2D eigenvalue weighted by atomic mass is 9.60. The Morgan fingerprint density at radius 1 is 1.42 bits per heavy atom. The van der Waals surface area contributed by atoms with E-state index in [9.17, 15) is 4.79 Å². The molecular weight excluding hydrogens is 236 g/mol. The van der Waals surface area contributed by atoms with Crippen LogP contribution in [0.4, 0.5) is 0 Å². The standard InChI is InChI=1S/C17H26O2/c1-11-6-5-7-13-8-9-14-15(17(11,13)4)16(14,3)10-19-12(2)18/h7,11,14-15H,5-6,8-10H2,1-4H3/t11-,14-,15+,16+,17+/m0/s1. The van der Waals surface area contributed by atoms with Crippen LogP contribution >= 0.6 is 0 Å². The Morgan fingerprint density at radius 3 is 2.84 bits per heavy atom. The summed E-state index contributed by atoms with van der Waals surface area (Å²) < 4.78 is 5.36. The average Bonchev–Trinajstić information content (AvgIpc) is 2.96. The van der Waals surface area contributed by atoms with Crippen LogP contribution in [0.25, 0.3) is 0 Å². The van der Waals surface area contributed by atoms with E-state index in [1.807, 2.05) is 0 Å². The molecule has 0 unspecified atom stereocenters. The van der Waals surface area contributed by atoms with Gasteiger partial charge in [-0.1, -0.05) is 32.4 Å². The average molecular weight is 262 g/mol. The van der Waals surface area contributed by atoms with Crippen molar-refractivity contribution in [3.63, 3.8) is 0 Å². The second-order valence-corrected chi connectivity index (χ2v) is 7.40. The summed E-state index contributed by atoms with van der Waals surface area (Å²) in [5, 5.41) is 0. The molecule has 2 fully saturated rings. The highest BCUT2D eigenvalue weighted by molar-refractivity contribution is 5.66. The van der Waals surface area contributed by atoms with Gasteiger partial charge in [0.1, 0.15) is 0 Å². The summed E-state index contributed by atoms with van der Waals surface area (Å²) in [5.74, 6) is 2.10. The largest absolute Gasteiger partial charge is 0.465 e. The highest BCUT2D eigenvalue weighted by Gasteiger charge is 2.71. The molecule has 106 valence electrons. The van der Waals surface area contributed by atoms with Crippen LogP contribution in [-0.4, -0.2) is 12.6 Å². The fourth-order valence-electron chi connectivity index (χ4n) is 5.25. The van der Waals surface area contributed by atoms with Crippen molar-refractivity contribution in [3.8, 4) is 0 Å². The van der Waals surface area contributed by atoms with Gasteiger partial charge in [0.25, 0.3) is 0 Å². The molecule has 0 aromatic heterocycles. The van der Waals surface area contributed by atoms with E-state index < -0.39 is 0 Å². The van der Waals surface area contributed by atoms with Gasteiger partial charge < -0.3 is 4.74 Å². The molecule has 0 aromatic rings. The normalized spacial score (nSPS) is 47.8. The summed E-state index contributed by atoms with van der Waals surface area (Å²) in [5.41, 5.74) is 2.27. The first kappa shape index (κ1) is 13.2. The summed E-state index contributed by atoms with van der Waals surface area (Å²) in [4.78, 5) is 11.1. The van der Waals surface area contributed by atoms with Crippen molar-refractivity contribution in [1.29, 1.82) is 0 Å². The molecule has 0 N–H and O–H groups in total. The summed E-state index contributed by atoms with van der Waals surface area (Å²) in [6.45, 7) is 9.36. The van der Waals surface area contributed by atoms with Crippen molar-refractivity contribution >= 4 is 5.97 Å². The third-order valence-electron chi connectivity index (χ3n) is 6.51. The molecule has 0 bridgehead atoms. The highest BCUT2D eigenvalue weighted by atomic mass is 16.5. The first-order chi connectivity index (χ1) is 8.90. The molecule has 0 heterocycles. The van der Waals surface area contributed by atoms with Gasteiger partial charge in [0.05, 0.1) is 6.61 Å². The molecule has 3 rings (SSSR count). The molecule has 5 atom stereocenters. The zero-order valence-electron chi connectivity index (χ0n) is 12.7. The molecule has 19 heavy (non-hydrogen) atoms. The number of carbonyl (C=O) groups is 1. The molecule has 0 aromatic carbocycles. The van der Waals surface area contributed by atoms with E-state index in [1.54, 1.807) is 5.57 Å². The summed E-state index contributed by atoms with van der Waals surface area (Å²) >= 11 is 0. The zero-order chi connectivity index (χ0) is 13.8. The molecule has 2 nitrogen and oxygen atoms in total. The fourth-order valence-corrected chi connectivity index (χ4v) is 5.25. The highest BCUT2D eigenvalue weighted by Crippen LogP contribution is 2.75. The summed E-state index contributed by atoms with van der Waals surface area (Å²) in [7, 11) is 0. The lowest BCUT2D eigenvalue weighted by molar-refractivity contribution is -0.143. The van der Waals surface area contributed by atoms with E-state index in [1.165, 1.54) is 32.6 Å². The van der Waals surface area contributed by atoms with Crippen LogP contribution in [0.2, 0.25) is 0 Å². The summed E-state index contributed by atoms with van der Waals surface area (Å²) in [6.07, 6.45) is 7.62. The molecule has 0 amide bonds. The fraction of sp³-hybridized carbons (Fsp3) is 0.824. The molecule has 3 aliphatic carbocycles. The van der Waals surface area contributed by atoms with Crippen LogP contribution in [0.1, 0.15) is 53.4 Å². The van der Waals surface area contributed by atoms with E-state index >= 15 is 0 Å². The molecule has 0 radical (unpaired) electrons. The van der Waals surface area contributed by atoms with Crippen LogP contribution in [0, 0.1) is 28.6 Å². The molecule has 3 aliphatic rings. The van der Waals surface area contributed by atoms with Crippen LogP contribution in [-0.2, 0) is 9.53 Å². The maximum atomic E-state index is 11.1. The molecule has 0 saturated heterocycles. The second kappa shape index (κ2) is 4.10. The van der Waals surface area contributed by atoms with E-state index in [2.05, 4.69) is 26.8 Å². The smallest absolute Gasteiger partial charge is 0.302 e. The third-order valence-corrected chi connectivity index (χ3v) is 6.51. The van der Waals surface area contributed by atoms with Crippen molar-refractivity contribution in [2.45, 2.75) is 53.4 Å². The van der Waals surface area contributed by atoms with Crippen LogP contribution in [0.3, 0.4) is 0 Å². The van der Waals surface area contributed by atoms with Gasteiger partial charge in [-0.3, -0.25) is 4.79 Å². The maximum absolute atomic E-state index is 11.1. The first-order valence-electron chi connectivity index (χ1n) is 7.73. The number of carbonyl (C=O) groups excluding carboxylic acids is 1. The Kier molecular flexibility index (Phi) is 2.85. The molecule has 2 saturated carbocycles. The Labute approximate surface area is 116 Å². The number of hydrogen-bond acceptors (Lipinski definition) is 2. The first-order valence-corrected chi connectivity index (χ1v) is 7.73. The molecule has 2 heteroatoms. The van der Waals surface area contributed by atoms with E-state index in [0.29, 0.717) is 12.0 Å². The van der Waals surface area contributed by atoms with Gasteiger partial charge in [0, 0.05) is 12.3 Å². The van der Waals surface area contributed by atoms with Gasteiger partial charge in [0.15, 0.2) is 0 Å². The maximum Gasteiger partial charge on any atom is 0.302 e. The Bertz CT molecular complexity index is 439. The van der Waals surface area contributed by atoms with Crippen molar-refractivity contribution in [3.05, 3.63) is 11.6 Å². The minimum absolute atomic E-state index is 0.137. The number of allylic oxidation sites excluding steroid dienone is 2. The van der Waals surface area contributed by atoms with Gasteiger partial charge in [-0.15, -0.1) is 0 Å². The van der Waals surface area contributed by atoms with Crippen LogP contribution in [0.5, 0.6) is 0 Å². The molecule has 0 spiro atoms. The minimum atomic E-state index is -0.137.